The summed E-state index contributed by atoms with van der Waals surface area (Å²) < 4.78 is 0. The number of hydrogen-bond donors (Lipinski definition) is 3. The van der Waals surface area contributed by atoms with Crippen LogP contribution in [-0.4, -0.2) is 29.5 Å². The van der Waals surface area contributed by atoms with E-state index in [0.29, 0.717) is 12.4 Å². The maximum absolute atomic E-state index is 10.3. The number of carboxylic acids is 1. The molecule has 5 N–H and O–H groups in total. The highest BCUT2D eigenvalue weighted by atomic mass is 16.4. The second-order valence-electron chi connectivity index (χ2n) is 2.96. The summed E-state index contributed by atoms with van der Waals surface area (Å²) in [5, 5.41) is 8.44. The van der Waals surface area contributed by atoms with Crippen LogP contribution in [0.1, 0.15) is 19.8 Å². The van der Waals surface area contributed by atoms with Gasteiger partial charge in [0.1, 0.15) is 6.04 Å². The van der Waals surface area contributed by atoms with E-state index in [-0.39, 0.29) is 0 Å². The molecule has 0 amide bonds. The van der Waals surface area contributed by atoms with Gasteiger partial charge in [0.05, 0.1) is 5.84 Å². The summed E-state index contributed by atoms with van der Waals surface area (Å²) >= 11 is 0. The Morgan fingerprint density at radius 3 is 2.79 bits per heavy atom. The number of amidine groups is 1. The quantitative estimate of drug-likeness (QED) is 0.244. The molecule has 0 saturated carbocycles. The van der Waals surface area contributed by atoms with Gasteiger partial charge in [-0.15, -0.1) is 0 Å². The average molecular weight is 199 g/mol. The van der Waals surface area contributed by atoms with Crippen LogP contribution in [0.15, 0.2) is 17.1 Å². The van der Waals surface area contributed by atoms with E-state index < -0.39 is 12.0 Å². The number of aliphatic imine (C=N–C) groups is 1. The normalized spacial score (nSPS) is 14.6. The first-order valence-corrected chi connectivity index (χ1v) is 4.45. The number of unbranched alkanes of at least 4 members (excludes halogenated alkanes) is 1. The van der Waals surface area contributed by atoms with E-state index in [4.69, 9.17) is 16.6 Å². The number of carbonyl (C=O) groups is 1. The zero-order valence-electron chi connectivity index (χ0n) is 8.31. The zero-order chi connectivity index (χ0) is 11.0. The van der Waals surface area contributed by atoms with Crippen LogP contribution in [0.5, 0.6) is 0 Å². The molecule has 14 heavy (non-hydrogen) atoms. The summed E-state index contributed by atoms with van der Waals surface area (Å²) in [6, 6.07) is -0.908. The van der Waals surface area contributed by atoms with Crippen molar-refractivity contribution in [3.8, 4) is 0 Å². The molecule has 0 spiro atoms. The van der Waals surface area contributed by atoms with Crippen LogP contribution in [0.3, 0.4) is 0 Å². The molecule has 0 aromatic carbocycles. The van der Waals surface area contributed by atoms with E-state index in [1.165, 1.54) is 6.08 Å². The van der Waals surface area contributed by atoms with Crippen molar-refractivity contribution in [2.45, 2.75) is 25.8 Å². The highest BCUT2D eigenvalue weighted by Crippen LogP contribution is 1.93. The Hall–Kier alpha value is -1.36. The lowest BCUT2D eigenvalue weighted by atomic mass is 10.2. The van der Waals surface area contributed by atoms with Crippen LogP contribution in [0.2, 0.25) is 0 Å². The van der Waals surface area contributed by atoms with Gasteiger partial charge in [0.15, 0.2) is 0 Å². The molecule has 0 bridgehead atoms. The van der Waals surface area contributed by atoms with E-state index in [2.05, 4.69) is 4.99 Å². The molecule has 80 valence electrons. The van der Waals surface area contributed by atoms with Crippen molar-refractivity contribution in [1.29, 1.82) is 0 Å². The third-order valence-corrected chi connectivity index (χ3v) is 1.52. The molecule has 0 saturated heterocycles. The smallest absolute Gasteiger partial charge is 0.324 e. The Bertz CT molecular complexity index is 232. The van der Waals surface area contributed by atoms with Gasteiger partial charge in [0.2, 0.25) is 0 Å². The lowest BCUT2D eigenvalue weighted by Gasteiger charge is -1.97. The summed E-state index contributed by atoms with van der Waals surface area (Å²) in [5.41, 5.74) is 10.6. The monoisotopic (exact) mass is 199 g/mol. The van der Waals surface area contributed by atoms with Crippen LogP contribution in [0, 0.1) is 0 Å². The number of rotatable bonds is 6. The third-order valence-electron chi connectivity index (χ3n) is 1.52. The fourth-order valence-corrected chi connectivity index (χ4v) is 0.790. The van der Waals surface area contributed by atoms with Crippen LogP contribution >= 0.6 is 0 Å². The molecular formula is C9H17N3O2. The number of nitrogens with two attached hydrogens (primary N) is 2. The van der Waals surface area contributed by atoms with E-state index in [1.54, 1.807) is 13.0 Å². The summed E-state index contributed by atoms with van der Waals surface area (Å²) in [5.74, 6) is -0.451. The highest BCUT2D eigenvalue weighted by Gasteiger charge is 2.04. The molecule has 0 rings (SSSR count). The number of nitrogens with zero attached hydrogens (tertiary/aromatic N) is 1. The van der Waals surface area contributed by atoms with Gasteiger partial charge in [-0.2, -0.15) is 0 Å². The Labute approximate surface area is 83.5 Å². The Morgan fingerprint density at radius 1 is 1.64 bits per heavy atom. The minimum absolute atomic E-state index is 0.566. The predicted octanol–water partition coefficient (Wildman–Crippen LogP) is 0.112. The van der Waals surface area contributed by atoms with Crippen molar-refractivity contribution in [1.82, 2.24) is 0 Å². The van der Waals surface area contributed by atoms with E-state index in [1.807, 2.05) is 0 Å². The van der Waals surface area contributed by atoms with Gasteiger partial charge in [-0.05, 0) is 19.8 Å². The molecule has 0 unspecified atom stereocenters. The van der Waals surface area contributed by atoms with Gasteiger partial charge in [-0.25, -0.2) is 0 Å². The largest absolute Gasteiger partial charge is 0.480 e. The second kappa shape index (κ2) is 7.08. The summed E-state index contributed by atoms with van der Waals surface area (Å²) in [7, 11) is 0. The summed E-state index contributed by atoms with van der Waals surface area (Å²) in [6.07, 6.45) is 4.83. The SMILES string of the molecule is CC(N)=NCCCC=C[C@H](N)C(=O)O. The Kier molecular flexibility index (Phi) is 6.39. The van der Waals surface area contributed by atoms with Crippen molar-refractivity contribution < 1.29 is 9.90 Å². The lowest BCUT2D eigenvalue weighted by Crippen LogP contribution is -2.27. The second-order valence-corrected chi connectivity index (χ2v) is 2.96. The van der Waals surface area contributed by atoms with E-state index in [0.717, 1.165) is 12.8 Å². The van der Waals surface area contributed by atoms with Crippen molar-refractivity contribution in [3.63, 3.8) is 0 Å². The van der Waals surface area contributed by atoms with Gasteiger partial charge >= 0.3 is 5.97 Å². The third kappa shape index (κ3) is 7.30. The molecule has 5 nitrogen and oxygen atoms in total. The Balaban J connectivity index is 3.54. The van der Waals surface area contributed by atoms with E-state index >= 15 is 0 Å². The topological polar surface area (TPSA) is 102 Å². The summed E-state index contributed by atoms with van der Waals surface area (Å²) in [6.45, 7) is 2.39. The van der Waals surface area contributed by atoms with Crippen LogP contribution < -0.4 is 11.5 Å². The molecule has 0 heterocycles. The molecular weight excluding hydrogens is 182 g/mol. The molecule has 5 heteroatoms. The minimum Gasteiger partial charge on any atom is -0.480 e. The van der Waals surface area contributed by atoms with Gasteiger partial charge in [0, 0.05) is 6.54 Å². The standard InChI is InChI=1S/C9H17N3O2/c1-7(10)12-6-4-2-3-5-8(11)9(13)14/h3,5,8H,2,4,6,11H2,1H3,(H2,10,12)(H,13,14)/t8-/m0/s1. The number of hydrogen-bond acceptors (Lipinski definition) is 3. The molecule has 0 aliphatic carbocycles. The van der Waals surface area contributed by atoms with Crippen molar-refractivity contribution in [2.75, 3.05) is 6.54 Å². The first-order chi connectivity index (χ1) is 6.54. The predicted molar refractivity (Wildman–Crippen MR) is 56.1 cm³/mol. The van der Waals surface area contributed by atoms with Gasteiger partial charge in [-0.3, -0.25) is 9.79 Å². The average Bonchev–Trinajstić information content (AvgIpc) is 2.09. The van der Waals surface area contributed by atoms with Gasteiger partial charge in [0.25, 0.3) is 0 Å². The number of allylic oxidation sites excluding steroid dienone is 1. The molecule has 0 aliphatic rings. The molecule has 0 radical (unpaired) electrons. The van der Waals surface area contributed by atoms with Crippen molar-refractivity contribution in [2.24, 2.45) is 16.5 Å². The molecule has 0 aliphatic heterocycles. The minimum atomic E-state index is -1.02. The summed E-state index contributed by atoms with van der Waals surface area (Å²) in [4.78, 5) is 14.3. The molecule has 0 aromatic rings. The van der Waals surface area contributed by atoms with Gasteiger partial charge in [-0.1, -0.05) is 12.2 Å². The van der Waals surface area contributed by atoms with Crippen molar-refractivity contribution in [3.05, 3.63) is 12.2 Å². The van der Waals surface area contributed by atoms with Crippen molar-refractivity contribution >= 4 is 11.8 Å². The first-order valence-electron chi connectivity index (χ1n) is 4.45. The highest BCUT2D eigenvalue weighted by molar-refractivity contribution is 5.77. The van der Waals surface area contributed by atoms with E-state index in [9.17, 15) is 4.79 Å². The fourth-order valence-electron chi connectivity index (χ4n) is 0.790. The van der Waals surface area contributed by atoms with Crippen LogP contribution in [-0.2, 0) is 4.79 Å². The zero-order valence-corrected chi connectivity index (χ0v) is 8.31. The Morgan fingerprint density at radius 2 is 2.29 bits per heavy atom. The lowest BCUT2D eigenvalue weighted by molar-refractivity contribution is -0.137. The molecule has 1 atom stereocenters. The maximum atomic E-state index is 10.3. The van der Waals surface area contributed by atoms with Crippen LogP contribution in [0.4, 0.5) is 0 Å². The molecule has 0 fully saturated rings. The van der Waals surface area contributed by atoms with Crippen LogP contribution in [0.25, 0.3) is 0 Å². The van der Waals surface area contributed by atoms with Gasteiger partial charge < -0.3 is 16.6 Å². The fraction of sp³-hybridized carbons (Fsp3) is 0.556. The molecule has 0 aromatic heterocycles. The maximum Gasteiger partial charge on any atom is 0.324 e. The first kappa shape index (κ1) is 12.6. The number of carboxylic acid groups (broad SMARTS) is 1. The number of aliphatic carboxylic acids is 1.